The molecule has 0 spiro atoms. The molecule has 0 saturated carbocycles. The number of para-hydroxylation sites is 1. The van der Waals surface area contributed by atoms with E-state index < -0.39 is 17.6 Å². The first kappa shape index (κ1) is 19.3. The van der Waals surface area contributed by atoms with Crippen molar-refractivity contribution in [3.8, 4) is 0 Å². The molecule has 0 aromatic heterocycles. The van der Waals surface area contributed by atoms with Crippen molar-refractivity contribution in [3.05, 3.63) is 106 Å². The number of rotatable bonds is 2. The SMILES string of the molecule is O=C(NO)c1ccc(C2=Nc3ccccc3C3=CC3c3cc(C(F)(F)F)ccc32)cc1. The van der Waals surface area contributed by atoms with Crippen LogP contribution in [0, 0.1) is 0 Å². The highest BCUT2D eigenvalue weighted by Crippen LogP contribution is 2.52. The van der Waals surface area contributed by atoms with Crippen molar-refractivity contribution in [1.82, 2.24) is 5.48 Å². The van der Waals surface area contributed by atoms with E-state index in [0.29, 0.717) is 22.4 Å². The van der Waals surface area contributed by atoms with Crippen LogP contribution < -0.4 is 5.48 Å². The number of halogens is 3. The lowest BCUT2D eigenvalue weighted by Crippen LogP contribution is -2.18. The average molecular weight is 420 g/mol. The Kier molecular flexibility index (Phi) is 4.30. The average Bonchev–Trinajstić information content (AvgIpc) is 3.55. The fourth-order valence-corrected chi connectivity index (χ4v) is 3.92. The number of nitrogens with one attached hydrogen (secondary N) is 1. The minimum absolute atomic E-state index is 0.205. The van der Waals surface area contributed by atoms with E-state index in [-0.39, 0.29) is 11.5 Å². The lowest BCUT2D eigenvalue weighted by atomic mass is 9.89. The predicted molar refractivity (Wildman–Crippen MR) is 110 cm³/mol. The van der Waals surface area contributed by atoms with E-state index >= 15 is 0 Å². The lowest BCUT2D eigenvalue weighted by molar-refractivity contribution is -0.137. The van der Waals surface area contributed by atoms with E-state index in [1.165, 1.54) is 24.3 Å². The minimum atomic E-state index is -4.44. The maximum atomic E-state index is 13.4. The molecular formula is C24H15F3N2O2. The Labute approximate surface area is 175 Å². The smallest absolute Gasteiger partial charge is 0.288 e. The summed E-state index contributed by atoms with van der Waals surface area (Å²) in [7, 11) is 0. The Morgan fingerprint density at radius 3 is 2.42 bits per heavy atom. The van der Waals surface area contributed by atoms with Crippen LogP contribution in [0.25, 0.3) is 5.57 Å². The van der Waals surface area contributed by atoms with Gasteiger partial charge in [0.1, 0.15) is 0 Å². The molecule has 1 aliphatic carbocycles. The van der Waals surface area contributed by atoms with Crippen molar-refractivity contribution >= 4 is 22.9 Å². The molecule has 31 heavy (non-hydrogen) atoms. The van der Waals surface area contributed by atoms with Gasteiger partial charge in [0.2, 0.25) is 0 Å². The van der Waals surface area contributed by atoms with Gasteiger partial charge in [-0.1, -0.05) is 42.5 Å². The van der Waals surface area contributed by atoms with E-state index in [0.717, 1.165) is 22.9 Å². The summed E-state index contributed by atoms with van der Waals surface area (Å²) in [6.45, 7) is 0. The molecule has 1 atom stereocenters. The van der Waals surface area contributed by atoms with Crippen LogP contribution in [0.3, 0.4) is 0 Å². The van der Waals surface area contributed by atoms with Crippen molar-refractivity contribution in [3.63, 3.8) is 0 Å². The molecule has 0 radical (unpaired) electrons. The molecular weight excluding hydrogens is 405 g/mol. The van der Waals surface area contributed by atoms with Gasteiger partial charge in [-0.15, -0.1) is 0 Å². The minimum Gasteiger partial charge on any atom is -0.288 e. The van der Waals surface area contributed by atoms with E-state index in [1.54, 1.807) is 17.6 Å². The quantitative estimate of drug-likeness (QED) is 0.426. The number of aliphatic imine (C=N–C) groups is 1. The zero-order valence-corrected chi connectivity index (χ0v) is 15.9. The first-order valence-electron chi connectivity index (χ1n) is 9.53. The number of allylic oxidation sites excluding steroid dienone is 2. The van der Waals surface area contributed by atoms with Crippen molar-refractivity contribution in [1.29, 1.82) is 0 Å². The van der Waals surface area contributed by atoms with Gasteiger partial charge in [-0.3, -0.25) is 10.0 Å². The Balaban J connectivity index is 1.71. The van der Waals surface area contributed by atoms with E-state index in [4.69, 9.17) is 10.2 Å². The van der Waals surface area contributed by atoms with Gasteiger partial charge in [0, 0.05) is 28.2 Å². The van der Waals surface area contributed by atoms with Gasteiger partial charge in [0.05, 0.1) is 17.0 Å². The third-order valence-corrected chi connectivity index (χ3v) is 5.51. The van der Waals surface area contributed by atoms with Crippen LogP contribution in [0.4, 0.5) is 18.9 Å². The molecule has 7 heteroatoms. The zero-order chi connectivity index (χ0) is 21.8. The van der Waals surface area contributed by atoms with Crippen molar-refractivity contribution in [2.45, 2.75) is 12.1 Å². The molecule has 154 valence electrons. The second-order valence-corrected chi connectivity index (χ2v) is 7.40. The van der Waals surface area contributed by atoms with Gasteiger partial charge in [0.25, 0.3) is 5.91 Å². The molecule has 1 aliphatic heterocycles. The van der Waals surface area contributed by atoms with Crippen LogP contribution in [-0.2, 0) is 6.18 Å². The summed E-state index contributed by atoms with van der Waals surface area (Å²) in [4.78, 5) is 16.5. The molecule has 3 aromatic rings. The maximum absolute atomic E-state index is 13.4. The fraction of sp³-hybridized carbons (Fsp3) is 0.0833. The number of benzene rings is 3. The van der Waals surface area contributed by atoms with Gasteiger partial charge < -0.3 is 0 Å². The van der Waals surface area contributed by atoms with E-state index in [2.05, 4.69) is 0 Å². The molecule has 1 unspecified atom stereocenters. The third kappa shape index (κ3) is 3.33. The summed E-state index contributed by atoms with van der Waals surface area (Å²) in [5.74, 6) is -0.859. The molecule has 5 rings (SSSR count). The van der Waals surface area contributed by atoms with Crippen LogP contribution in [0.1, 0.15) is 44.1 Å². The molecule has 3 aromatic carbocycles. The number of hydroxylamine groups is 1. The van der Waals surface area contributed by atoms with Gasteiger partial charge in [-0.05, 0) is 41.5 Å². The summed E-state index contributed by atoms with van der Waals surface area (Å²) in [5.41, 5.74) is 6.04. The summed E-state index contributed by atoms with van der Waals surface area (Å²) in [5, 5.41) is 8.82. The Morgan fingerprint density at radius 1 is 0.968 bits per heavy atom. The summed E-state index contributed by atoms with van der Waals surface area (Å²) in [6, 6.07) is 17.6. The highest BCUT2D eigenvalue weighted by molar-refractivity contribution is 6.17. The molecule has 0 saturated heterocycles. The summed E-state index contributed by atoms with van der Waals surface area (Å²) in [6.07, 6.45) is -2.49. The summed E-state index contributed by atoms with van der Waals surface area (Å²) >= 11 is 0. The van der Waals surface area contributed by atoms with Crippen LogP contribution in [-0.4, -0.2) is 16.8 Å². The largest absolute Gasteiger partial charge is 0.416 e. The first-order valence-corrected chi connectivity index (χ1v) is 9.53. The van der Waals surface area contributed by atoms with Crippen LogP contribution in [0.2, 0.25) is 0 Å². The Morgan fingerprint density at radius 2 is 1.71 bits per heavy atom. The number of carbonyl (C=O) groups excluding carboxylic acids is 1. The van der Waals surface area contributed by atoms with Gasteiger partial charge in [0.15, 0.2) is 0 Å². The number of amides is 1. The van der Waals surface area contributed by atoms with Crippen molar-refractivity contribution in [2.24, 2.45) is 4.99 Å². The standard InChI is InChI=1S/C24H15F3N2O2/c25-24(26,27)15-9-10-17-18(11-15)20-12-19(20)16-3-1-2-4-21(16)28-22(17)13-5-7-14(8-6-13)23(30)29-31/h1-12,20,31H,(H,29,30). The van der Waals surface area contributed by atoms with Gasteiger partial charge in [-0.25, -0.2) is 10.5 Å². The predicted octanol–water partition coefficient (Wildman–Crippen LogP) is 5.49. The van der Waals surface area contributed by atoms with Gasteiger partial charge in [-0.2, -0.15) is 13.2 Å². The number of fused-ring (bicyclic) bond motifs is 5. The van der Waals surface area contributed by atoms with Crippen molar-refractivity contribution in [2.75, 3.05) is 0 Å². The Bertz CT molecular complexity index is 1270. The lowest BCUT2D eigenvalue weighted by Gasteiger charge is -2.19. The van der Waals surface area contributed by atoms with Crippen LogP contribution in [0.15, 0.2) is 77.8 Å². The third-order valence-electron chi connectivity index (χ3n) is 5.51. The highest BCUT2D eigenvalue weighted by Gasteiger charge is 2.37. The Hall–Kier alpha value is -3.71. The normalized spacial score (nSPS) is 16.6. The number of carbonyl (C=O) groups is 1. The molecule has 0 bridgehead atoms. The maximum Gasteiger partial charge on any atom is 0.416 e. The molecule has 4 nitrogen and oxygen atoms in total. The monoisotopic (exact) mass is 420 g/mol. The number of hydrogen-bond acceptors (Lipinski definition) is 3. The molecule has 1 heterocycles. The van der Waals surface area contributed by atoms with Gasteiger partial charge >= 0.3 is 6.18 Å². The topological polar surface area (TPSA) is 61.7 Å². The number of alkyl halides is 3. The molecule has 0 fully saturated rings. The second-order valence-electron chi connectivity index (χ2n) is 7.40. The second kappa shape index (κ2) is 6.92. The van der Waals surface area contributed by atoms with Crippen LogP contribution >= 0.6 is 0 Å². The highest BCUT2D eigenvalue weighted by atomic mass is 19.4. The molecule has 2 aliphatic rings. The fourth-order valence-electron chi connectivity index (χ4n) is 3.92. The van der Waals surface area contributed by atoms with Crippen molar-refractivity contribution < 1.29 is 23.2 Å². The van der Waals surface area contributed by atoms with E-state index in [1.807, 2.05) is 30.3 Å². The molecule has 1 amide bonds. The summed E-state index contributed by atoms with van der Waals surface area (Å²) < 4.78 is 40.2. The number of hydrogen-bond donors (Lipinski definition) is 2. The zero-order valence-electron chi connectivity index (χ0n) is 15.9. The van der Waals surface area contributed by atoms with E-state index in [9.17, 15) is 18.0 Å². The molecule has 2 N–H and O–H groups in total. The first-order chi connectivity index (χ1) is 14.9. The number of nitrogens with zero attached hydrogens (tertiary/aromatic N) is 1. The van der Waals surface area contributed by atoms with Crippen LogP contribution in [0.5, 0.6) is 0 Å².